The Morgan fingerprint density at radius 2 is 2.04 bits per heavy atom. The van der Waals surface area contributed by atoms with E-state index < -0.39 is 18.0 Å². The molecule has 0 saturated heterocycles. The molecule has 146 valence electrons. The van der Waals surface area contributed by atoms with Crippen molar-refractivity contribution in [3.8, 4) is 5.75 Å². The van der Waals surface area contributed by atoms with Gasteiger partial charge in [0.15, 0.2) is 11.7 Å². The summed E-state index contributed by atoms with van der Waals surface area (Å²) in [5.74, 6) is -0.377. The monoisotopic (exact) mass is 392 g/mol. The molecule has 1 heterocycles. The summed E-state index contributed by atoms with van der Waals surface area (Å²) >= 11 is 5.31. The van der Waals surface area contributed by atoms with E-state index in [1.54, 1.807) is 25.1 Å². The third-order valence-corrected chi connectivity index (χ3v) is 4.14. The molecule has 8 heteroatoms. The van der Waals surface area contributed by atoms with Crippen LogP contribution < -0.4 is 15.4 Å². The molecule has 1 aliphatic heterocycles. The fourth-order valence-corrected chi connectivity index (χ4v) is 2.99. The number of esters is 2. The Kier molecular flexibility index (Phi) is 7.60. The number of hydrogen-bond acceptors (Lipinski definition) is 6. The van der Waals surface area contributed by atoms with Crippen molar-refractivity contribution in [2.45, 2.75) is 32.7 Å². The SMILES string of the molecule is CCCC1=C(C(=O)OCC)[C@H](c2cccc(OCC(=O)OC)c2)NC(=S)N1. The van der Waals surface area contributed by atoms with Gasteiger partial charge in [0.2, 0.25) is 0 Å². The van der Waals surface area contributed by atoms with E-state index in [0.717, 1.165) is 17.7 Å². The molecule has 0 saturated carbocycles. The molecule has 1 aliphatic rings. The van der Waals surface area contributed by atoms with Crippen LogP contribution in [0.25, 0.3) is 0 Å². The Balaban J connectivity index is 2.37. The molecular formula is C19H24N2O5S. The lowest BCUT2D eigenvalue weighted by molar-refractivity contribution is -0.143. The average Bonchev–Trinajstić information content (AvgIpc) is 2.66. The standard InChI is InChI=1S/C19H24N2O5S/c1-4-7-14-16(18(23)25-5-2)17(21-19(27)20-14)12-8-6-9-13(10-12)26-11-15(22)24-3/h6,8-10,17H,4-5,7,11H2,1-3H3,(H2,20,21,27)/t17-/m0/s1. The van der Waals surface area contributed by atoms with Crippen molar-refractivity contribution in [2.24, 2.45) is 0 Å². The van der Waals surface area contributed by atoms with Gasteiger partial charge in [0, 0.05) is 5.70 Å². The maximum atomic E-state index is 12.6. The molecule has 0 amide bonds. The van der Waals surface area contributed by atoms with Gasteiger partial charge in [-0.2, -0.15) is 0 Å². The van der Waals surface area contributed by atoms with E-state index >= 15 is 0 Å². The van der Waals surface area contributed by atoms with E-state index in [2.05, 4.69) is 15.4 Å². The number of carbonyl (C=O) groups is 2. The van der Waals surface area contributed by atoms with Gasteiger partial charge in [0.25, 0.3) is 0 Å². The number of methoxy groups -OCH3 is 1. The van der Waals surface area contributed by atoms with Crippen LogP contribution in [-0.4, -0.2) is 37.4 Å². The second-order valence-electron chi connectivity index (χ2n) is 5.83. The number of nitrogens with one attached hydrogen (secondary N) is 2. The van der Waals surface area contributed by atoms with Crippen molar-refractivity contribution in [3.63, 3.8) is 0 Å². The zero-order valence-electron chi connectivity index (χ0n) is 15.7. The lowest BCUT2D eigenvalue weighted by atomic mass is 9.94. The van der Waals surface area contributed by atoms with Gasteiger partial charge in [-0.05, 0) is 43.3 Å². The van der Waals surface area contributed by atoms with Crippen LogP contribution in [0.3, 0.4) is 0 Å². The minimum Gasteiger partial charge on any atom is -0.482 e. The van der Waals surface area contributed by atoms with Crippen molar-refractivity contribution in [1.29, 1.82) is 0 Å². The largest absolute Gasteiger partial charge is 0.482 e. The number of allylic oxidation sites excluding steroid dienone is 1. The maximum Gasteiger partial charge on any atom is 0.343 e. The lowest BCUT2D eigenvalue weighted by Crippen LogP contribution is -2.45. The van der Waals surface area contributed by atoms with Crippen molar-refractivity contribution in [2.75, 3.05) is 20.3 Å². The summed E-state index contributed by atoms with van der Waals surface area (Å²) in [5.41, 5.74) is 2.03. The minimum atomic E-state index is -0.473. The first-order chi connectivity index (χ1) is 13.0. The smallest absolute Gasteiger partial charge is 0.343 e. The van der Waals surface area contributed by atoms with E-state index in [0.29, 0.717) is 22.9 Å². The normalized spacial score (nSPS) is 16.3. The average molecular weight is 392 g/mol. The van der Waals surface area contributed by atoms with Crippen LogP contribution >= 0.6 is 12.2 Å². The van der Waals surface area contributed by atoms with Crippen molar-refractivity contribution < 1.29 is 23.8 Å². The Morgan fingerprint density at radius 3 is 2.70 bits per heavy atom. The van der Waals surface area contributed by atoms with Gasteiger partial charge in [-0.1, -0.05) is 25.5 Å². The predicted molar refractivity (Wildman–Crippen MR) is 104 cm³/mol. The molecule has 27 heavy (non-hydrogen) atoms. The predicted octanol–water partition coefficient (Wildman–Crippen LogP) is 2.37. The number of carbonyl (C=O) groups excluding carboxylic acids is 2. The fraction of sp³-hybridized carbons (Fsp3) is 0.421. The van der Waals surface area contributed by atoms with Gasteiger partial charge in [0.05, 0.1) is 25.3 Å². The zero-order chi connectivity index (χ0) is 19.8. The van der Waals surface area contributed by atoms with Crippen LogP contribution in [0, 0.1) is 0 Å². The van der Waals surface area contributed by atoms with E-state index in [1.165, 1.54) is 7.11 Å². The van der Waals surface area contributed by atoms with E-state index in [9.17, 15) is 9.59 Å². The van der Waals surface area contributed by atoms with Gasteiger partial charge in [-0.25, -0.2) is 9.59 Å². The molecule has 1 atom stereocenters. The van der Waals surface area contributed by atoms with Crippen molar-refractivity contribution >= 4 is 29.3 Å². The highest BCUT2D eigenvalue weighted by atomic mass is 32.1. The highest BCUT2D eigenvalue weighted by Crippen LogP contribution is 2.31. The van der Waals surface area contributed by atoms with Gasteiger partial charge >= 0.3 is 11.9 Å². The first kappa shape index (κ1) is 20.7. The van der Waals surface area contributed by atoms with Crippen LogP contribution in [0.5, 0.6) is 5.75 Å². The molecule has 1 aromatic rings. The van der Waals surface area contributed by atoms with E-state index in [4.69, 9.17) is 21.7 Å². The highest BCUT2D eigenvalue weighted by Gasteiger charge is 2.32. The van der Waals surface area contributed by atoms with Crippen LogP contribution in [0.2, 0.25) is 0 Å². The van der Waals surface area contributed by atoms with E-state index in [1.807, 2.05) is 13.0 Å². The summed E-state index contributed by atoms with van der Waals surface area (Å²) in [5, 5.41) is 6.65. The first-order valence-electron chi connectivity index (χ1n) is 8.77. The van der Waals surface area contributed by atoms with Gasteiger partial charge < -0.3 is 24.8 Å². The van der Waals surface area contributed by atoms with Crippen molar-refractivity contribution in [1.82, 2.24) is 10.6 Å². The summed E-state index contributed by atoms with van der Waals surface area (Å²) in [7, 11) is 1.30. The molecule has 0 aromatic heterocycles. The number of hydrogen-bond donors (Lipinski definition) is 2. The third kappa shape index (κ3) is 5.43. The Labute approximate surface area is 164 Å². The fourth-order valence-electron chi connectivity index (χ4n) is 2.75. The molecule has 0 unspecified atom stereocenters. The second kappa shape index (κ2) is 9.91. The van der Waals surface area contributed by atoms with Crippen LogP contribution in [0.1, 0.15) is 38.3 Å². The van der Waals surface area contributed by atoms with Gasteiger partial charge in [-0.15, -0.1) is 0 Å². The zero-order valence-corrected chi connectivity index (χ0v) is 16.5. The van der Waals surface area contributed by atoms with E-state index in [-0.39, 0.29) is 13.2 Å². The molecule has 1 aromatic carbocycles. The number of benzene rings is 1. The molecule has 0 fully saturated rings. The van der Waals surface area contributed by atoms with Crippen LogP contribution in [-0.2, 0) is 19.1 Å². The highest BCUT2D eigenvalue weighted by molar-refractivity contribution is 7.80. The second-order valence-corrected chi connectivity index (χ2v) is 6.24. The number of thiocarbonyl (C=S) groups is 1. The Bertz CT molecular complexity index is 747. The number of ether oxygens (including phenoxy) is 3. The molecule has 2 N–H and O–H groups in total. The molecule has 0 radical (unpaired) electrons. The van der Waals surface area contributed by atoms with Crippen LogP contribution in [0.4, 0.5) is 0 Å². The Hall–Kier alpha value is -2.61. The summed E-state index contributed by atoms with van der Waals surface area (Å²) in [6.45, 7) is 3.88. The summed E-state index contributed by atoms with van der Waals surface area (Å²) in [4.78, 5) is 23.9. The Morgan fingerprint density at radius 1 is 1.26 bits per heavy atom. The third-order valence-electron chi connectivity index (χ3n) is 3.92. The molecule has 7 nitrogen and oxygen atoms in total. The lowest BCUT2D eigenvalue weighted by Gasteiger charge is -2.31. The van der Waals surface area contributed by atoms with Gasteiger partial charge in [-0.3, -0.25) is 0 Å². The molecule has 2 rings (SSSR count). The van der Waals surface area contributed by atoms with Gasteiger partial charge in [0.1, 0.15) is 5.75 Å². The quantitative estimate of drug-likeness (QED) is 0.515. The topological polar surface area (TPSA) is 85.9 Å². The molecule has 0 bridgehead atoms. The first-order valence-corrected chi connectivity index (χ1v) is 9.18. The molecular weight excluding hydrogens is 368 g/mol. The molecule has 0 aliphatic carbocycles. The summed E-state index contributed by atoms with van der Waals surface area (Å²) in [6, 6.07) is 6.67. The summed E-state index contributed by atoms with van der Waals surface area (Å²) in [6.07, 6.45) is 1.52. The van der Waals surface area contributed by atoms with Crippen molar-refractivity contribution in [3.05, 3.63) is 41.1 Å². The summed E-state index contributed by atoms with van der Waals surface area (Å²) < 4.78 is 15.3. The van der Waals surface area contributed by atoms with Crippen LogP contribution in [0.15, 0.2) is 35.5 Å². The molecule has 0 spiro atoms. The number of rotatable bonds is 8. The maximum absolute atomic E-state index is 12.6. The minimum absolute atomic E-state index is 0.195.